The van der Waals surface area contributed by atoms with E-state index in [2.05, 4.69) is 4.98 Å². The van der Waals surface area contributed by atoms with Gasteiger partial charge in [-0.2, -0.15) is 0 Å². The van der Waals surface area contributed by atoms with Crippen LogP contribution >= 0.6 is 0 Å². The van der Waals surface area contributed by atoms with E-state index < -0.39 is 6.04 Å². The number of aromatic nitrogens is 1. The zero-order chi connectivity index (χ0) is 21.4. The topological polar surface area (TPSA) is 72.6 Å². The van der Waals surface area contributed by atoms with Crippen molar-refractivity contribution in [1.82, 2.24) is 4.98 Å². The van der Waals surface area contributed by atoms with E-state index in [-0.39, 0.29) is 17.1 Å². The van der Waals surface area contributed by atoms with Crippen molar-refractivity contribution in [3.05, 3.63) is 100 Å². The third-order valence-electron chi connectivity index (χ3n) is 5.34. The standard InChI is InChI=1S/C25H20N2O4/c1-2-15-30-17-12-10-16(11-13-17)22-21-23(28)18-7-3-4-8-19(18)31-24(21)25(29)27(22)20-9-5-6-14-26-20/h3-14,22H,2,15H2,1H3. The molecule has 6 heteroatoms. The molecule has 5 rings (SSSR count). The maximum Gasteiger partial charge on any atom is 0.296 e. The number of carbonyl (C=O) groups excluding carboxylic acids is 1. The molecule has 0 radical (unpaired) electrons. The lowest BCUT2D eigenvalue weighted by atomic mass is 9.98. The molecule has 1 amide bonds. The predicted octanol–water partition coefficient (Wildman–Crippen LogP) is 4.73. The summed E-state index contributed by atoms with van der Waals surface area (Å²) in [4.78, 5) is 32.8. The number of fused-ring (bicyclic) bond motifs is 2. The third kappa shape index (κ3) is 3.17. The molecule has 0 fully saturated rings. The van der Waals surface area contributed by atoms with Crippen LogP contribution in [0.25, 0.3) is 11.0 Å². The minimum Gasteiger partial charge on any atom is -0.494 e. The number of hydrogen-bond acceptors (Lipinski definition) is 5. The van der Waals surface area contributed by atoms with Crippen LogP contribution in [0.15, 0.2) is 82.1 Å². The number of hydrogen-bond donors (Lipinski definition) is 0. The summed E-state index contributed by atoms with van der Waals surface area (Å²) in [5.74, 6) is 0.877. The van der Waals surface area contributed by atoms with Crippen molar-refractivity contribution in [3.63, 3.8) is 0 Å². The Morgan fingerprint density at radius 1 is 1.00 bits per heavy atom. The summed E-state index contributed by atoms with van der Waals surface area (Å²) < 4.78 is 11.6. The summed E-state index contributed by atoms with van der Waals surface area (Å²) in [7, 11) is 0. The smallest absolute Gasteiger partial charge is 0.296 e. The van der Waals surface area contributed by atoms with Gasteiger partial charge in [-0.05, 0) is 48.4 Å². The van der Waals surface area contributed by atoms with E-state index in [0.717, 1.165) is 17.7 Å². The first-order valence-corrected chi connectivity index (χ1v) is 10.2. The Bertz CT molecular complexity index is 1310. The number of carbonyl (C=O) groups is 1. The first kappa shape index (κ1) is 19.1. The number of rotatable bonds is 5. The van der Waals surface area contributed by atoms with E-state index in [1.54, 1.807) is 42.6 Å². The molecule has 1 atom stereocenters. The van der Waals surface area contributed by atoms with Crippen molar-refractivity contribution in [3.8, 4) is 5.75 Å². The molecular weight excluding hydrogens is 392 g/mol. The Morgan fingerprint density at radius 3 is 2.52 bits per heavy atom. The summed E-state index contributed by atoms with van der Waals surface area (Å²) in [5, 5.41) is 0.449. The van der Waals surface area contributed by atoms with E-state index in [4.69, 9.17) is 9.15 Å². The van der Waals surface area contributed by atoms with Gasteiger partial charge < -0.3 is 9.15 Å². The fourth-order valence-corrected chi connectivity index (χ4v) is 3.93. The molecule has 0 spiro atoms. The average molecular weight is 412 g/mol. The molecule has 3 heterocycles. The van der Waals surface area contributed by atoms with Crippen LogP contribution in [-0.2, 0) is 0 Å². The SMILES string of the molecule is CCCOc1ccc(C2c3c(oc4ccccc4c3=O)C(=O)N2c2ccccn2)cc1. The number of anilines is 1. The van der Waals surface area contributed by atoms with Gasteiger partial charge in [-0.15, -0.1) is 0 Å². The Hall–Kier alpha value is -3.93. The Morgan fingerprint density at radius 2 is 1.77 bits per heavy atom. The summed E-state index contributed by atoms with van der Waals surface area (Å²) in [6, 6.07) is 19.1. The summed E-state index contributed by atoms with van der Waals surface area (Å²) in [6.45, 7) is 2.67. The van der Waals surface area contributed by atoms with Gasteiger partial charge in [0.05, 0.1) is 23.6 Å². The molecule has 0 saturated heterocycles. The Kier molecular flexibility index (Phi) is 4.75. The number of ether oxygens (including phenoxy) is 1. The van der Waals surface area contributed by atoms with Gasteiger partial charge >= 0.3 is 0 Å². The number of benzene rings is 2. The van der Waals surface area contributed by atoms with Crippen LogP contribution in [-0.4, -0.2) is 17.5 Å². The highest BCUT2D eigenvalue weighted by atomic mass is 16.5. The lowest BCUT2D eigenvalue weighted by Crippen LogP contribution is -2.30. The summed E-state index contributed by atoms with van der Waals surface area (Å²) in [5.41, 5.74) is 1.30. The predicted molar refractivity (Wildman–Crippen MR) is 118 cm³/mol. The van der Waals surface area contributed by atoms with Gasteiger partial charge in [0.2, 0.25) is 5.76 Å². The highest BCUT2D eigenvalue weighted by Crippen LogP contribution is 2.40. The van der Waals surface area contributed by atoms with Crippen LogP contribution < -0.4 is 15.1 Å². The molecule has 0 saturated carbocycles. The van der Waals surface area contributed by atoms with E-state index in [9.17, 15) is 9.59 Å². The molecule has 2 aromatic heterocycles. The number of nitrogens with zero attached hydrogens (tertiary/aromatic N) is 2. The van der Waals surface area contributed by atoms with Gasteiger partial charge in [-0.3, -0.25) is 14.5 Å². The van der Waals surface area contributed by atoms with Crippen molar-refractivity contribution in [2.24, 2.45) is 0 Å². The second kappa shape index (κ2) is 7.72. The van der Waals surface area contributed by atoms with Gasteiger partial charge in [-0.1, -0.05) is 37.3 Å². The van der Waals surface area contributed by atoms with Crippen molar-refractivity contribution >= 4 is 22.7 Å². The van der Waals surface area contributed by atoms with E-state index in [1.165, 1.54) is 4.90 Å². The molecule has 1 unspecified atom stereocenters. The lowest BCUT2D eigenvalue weighted by molar-refractivity contribution is 0.0970. The van der Waals surface area contributed by atoms with E-state index >= 15 is 0 Å². The molecular formula is C25H20N2O4. The fourth-order valence-electron chi connectivity index (χ4n) is 3.93. The number of para-hydroxylation sites is 1. The van der Waals surface area contributed by atoms with Gasteiger partial charge in [0.1, 0.15) is 17.2 Å². The van der Waals surface area contributed by atoms with Crippen LogP contribution in [0.3, 0.4) is 0 Å². The number of pyridine rings is 1. The second-order valence-electron chi connectivity index (χ2n) is 7.35. The highest BCUT2D eigenvalue weighted by molar-refractivity contribution is 6.10. The molecule has 6 nitrogen and oxygen atoms in total. The zero-order valence-electron chi connectivity index (χ0n) is 16.9. The first-order chi connectivity index (χ1) is 15.2. The minimum atomic E-state index is -0.640. The largest absolute Gasteiger partial charge is 0.494 e. The maximum absolute atomic E-state index is 13.5. The molecule has 1 aliphatic heterocycles. The molecule has 0 bridgehead atoms. The molecule has 2 aromatic carbocycles. The van der Waals surface area contributed by atoms with Crippen LogP contribution in [0.1, 0.15) is 41.1 Å². The van der Waals surface area contributed by atoms with Crippen molar-refractivity contribution in [1.29, 1.82) is 0 Å². The Labute approximate surface area is 178 Å². The summed E-state index contributed by atoms with van der Waals surface area (Å²) >= 11 is 0. The zero-order valence-corrected chi connectivity index (χ0v) is 16.9. The third-order valence-corrected chi connectivity index (χ3v) is 5.34. The highest BCUT2D eigenvalue weighted by Gasteiger charge is 2.44. The number of amides is 1. The average Bonchev–Trinajstić information content (AvgIpc) is 3.11. The van der Waals surface area contributed by atoms with Crippen LogP contribution in [0.2, 0.25) is 0 Å². The van der Waals surface area contributed by atoms with Crippen LogP contribution in [0.4, 0.5) is 5.82 Å². The van der Waals surface area contributed by atoms with E-state index in [0.29, 0.717) is 29.0 Å². The normalized spacial score (nSPS) is 15.3. The summed E-state index contributed by atoms with van der Waals surface area (Å²) in [6.07, 6.45) is 2.53. The van der Waals surface area contributed by atoms with Gasteiger partial charge in [0.15, 0.2) is 5.43 Å². The quantitative estimate of drug-likeness (QED) is 0.474. The first-order valence-electron chi connectivity index (χ1n) is 10.2. The maximum atomic E-state index is 13.5. The molecule has 0 aliphatic carbocycles. The van der Waals surface area contributed by atoms with Crippen molar-refractivity contribution in [2.75, 3.05) is 11.5 Å². The van der Waals surface area contributed by atoms with E-state index in [1.807, 2.05) is 37.3 Å². The molecule has 1 aliphatic rings. The van der Waals surface area contributed by atoms with Crippen molar-refractivity contribution in [2.45, 2.75) is 19.4 Å². The van der Waals surface area contributed by atoms with Crippen molar-refractivity contribution < 1.29 is 13.9 Å². The fraction of sp³-hybridized carbons (Fsp3) is 0.160. The molecule has 4 aromatic rings. The minimum absolute atomic E-state index is 0.0608. The van der Waals surface area contributed by atoms with Crippen LogP contribution in [0, 0.1) is 0 Å². The van der Waals surface area contributed by atoms with Gasteiger partial charge in [0.25, 0.3) is 5.91 Å². The van der Waals surface area contributed by atoms with Gasteiger partial charge in [-0.25, -0.2) is 4.98 Å². The molecule has 0 N–H and O–H groups in total. The molecule has 154 valence electrons. The van der Waals surface area contributed by atoms with Gasteiger partial charge in [0, 0.05) is 6.20 Å². The monoisotopic (exact) mass is 412 g/mol. The Balaban J connectivity index is 1.71. The molecule has 31 heavy (non-hydrogen) atoms. The van der Waals surface area contributed by atoms with Crippen LogP contribution in [0.5, 0.6) is 5.75 Å². The lowest BCUT2D eigenvalue weighted by Gasteiger charge is -2.24. The second-order valence-corrected chi connectivity index (χ2v) is 7.35.